The van der Waals surface area contributed by atoms with E-state index in [1.807, 2.05) is 0 Å². The van der Waals surface area contributed by atoms with Crippen LogP contribution < -0.4 is 0 Å². The molecule has 2 fully saturated rings. The van der Waals surface area contributed by atoms with Gasteiger partial charge in [0.05, 0.1) is 13.2 Å². The molecule has 0 radical (unpaired) electrons. The first kappa shape index (κ1) is 30.3. The molecule has 0 bridgehead atoms. The van der Waals surface area contributed by atoms with Crippen molar-refractivity contribution in [3.8, 4) is 0 Å². The number of ether oxygens (including phenoxy) is 4. The smallest absolute Gasteiger partial charge is 0.305 e. The summed E-state index contributed by atoms with van der Waals surface area (Å²) in [5.41, 5.74) is 2.82. The maximum absolute atomic E-state index is 11.9. The molecule has 2 saturated heterocycles. The van der Waals surface area contributed by atoms with Crippen LogP contribution >= 0.6 is 0 Å². The number of carbonyl (C=O) groups is 2. The van der Waals surface area contributed by atoms with E-state index in [0.717, 1.165) is 64.2 Å². The van der Waals surface area contributed by atoms with Crippen LogP contribution in [0.1, 0.15) is 100 Å². The molecule has 2 aromatic rings. The molecule has 0 N–H and O–H groups in total. The molecule has 6 nitrogen and oxygen atoms in total. The van der Waals surface area contributed by atoms with Crippen LogP contribution in [0.2, 0.25) is 0 Å². The van der Waals surface area contributed by atoms with Gasteiger partial charge in [0.2, 0.25) is 0 Å². The van der Waals surface area contributed by atoms with Crippen molar-refractivity contribution in [1.29, 1.82) is 0 Å². The lowest BCUT2D eigenvalue weighted by atomic mass is 9.80. The van der Waals surface area contributed by atoms with Gasteiger partial charge in [-0.15, -0.1) is 0 Å². The molecular formula is C34H46O6. The van der Waals surface area contributed by atoms with Crippen molar-refractivity contribution in [3.63, 3.8) is 0 Å². The third kappa shape index (κ3) is 12.2. The Kier molecular flexibility index (Phi) is 13.0. The molecule has 4 atom stereocenters. The van der Waals surface area contributed by atoms with Gasteiger partial charge in [-0.25, -0.2) is 0 Å². The highest BCUT2D eigenvalue weighted by Crippen LogP contribution is 2.36. The maximum atomic E-state index is 11.9. The van der Waals surface area contributed by atoms with E-state index >= 15 is 0 Å². The molecule has 2 aliphatic heterocycles. The molecule has 40 heavy (non-hydrogen) atoms. The first-order valence-electron chi connectivity index (χ1n) is 15.3. The van der Waals surface area contributed by atoms with Gasteiger partial charge >= 0.3 is 11.9 Å². The lowest BCUT2D eigenvalue weighted by Crippen LogP contribution is -2.10. The van der Waals surface area contributed by atoms with Gasteiger partial charge in [0.15, 0.2) is 0 Å². The van der Waals surface area contributed by atoms with Crippen LogP contribution in [0.4, 0.5) is 0 Å². The summed E-state index contributed by atoms with van der Waals surface area (Å²) in [5, 5.41) is 0. The number of benzene rings is 2. The molecule has 0 saturated carbocycles. The molecule has 6 heteroatoms. The summed E-state index contributed by atoms with van der Waals surface area (Å²) >= 11 is 0. The Labute approximate surface area is 239 Å². The van der Waals surface area contributed by atoms with E-state index in [2.05, 4.69) is 60.7 Å². The fourth-order valence-electron chi connectivity index (χ4n) is 5.33. The number of unbranched alkanes of at least 4 members (excludes halogenated alkanes) is 5. The van der Waals surface area contributed by atoms with Gasteiger partial charge in [-0.3, -0.25) is 9.59 Å². The third-order valence-corrected chi connectivity index (χ3v) is 7.89. The number of carbonyl (C=O) groups excluding carboxylic acids is 2. The van der Waals surface area contributed by atoms with Crippen LogP contribution in [0.15, 0.2) is 60.7 Å². The summed E-state index contributed by atoms with van der Waals surface area (Å²) in [6.07, 6.45) is 11.8. The molecule has 0 amide bonds. The van der Waals surface area contributed by atoms with E-state index in [1.165, 1.54) is 11.1 Å². The molecule has 218 valence electrons. The van der Waals surface area contributed by atoms with Crippen molar-refractivity contribution in [1.82, 2.24) is 0 Å². The molecule has 2 heterocycles. The highest BCUT2D eigenvalue weighted by Gasteiger charge is 2.25. The number of rotatable bonds is 21. The fraction of sp³-hybridized carbons (Fsp3) is 0.588. The second-order valence-corrected chi connectivity index (χ2v) is 11.3. The Balaban J connectivity index is 1.21. The van der Waals surface area contributed by atoms with E-state index in [1.54, 1.807) is 0 Å². The number of hydrogen-bond donors (Lipinski definition) is 0. The van der Waals surface area contributed by atoms with Gasteiger partial charge in [-0.2, -0.15) is 0 Å². The summed E-state index contributed by atoms with van der Waals surface area (Å²) in [5.74, 6) is 0.766. The predicted octanol–water partition coefficient (Wildman–Crippen LogP) is 7.12. The van der Waals surface area contributed by atoms with E-state index in [4.69, 9.17) is 18.9 Å². The van der Waals surface area contributed by atoms with Crippen molar-refractivity contribution in [3.05, 3.63) is 71.8 Å². The lowest BCUT2D eigenvalue weighted by molar-refractivity contribution is -0.145. The lowest BCUT2D eigenvalue weighted by Gasteiger charge is -2.25. The third-order valence-electron chi connectivity index (χ3n) is 7.89. The van der Waals surface area contributed by atoms with Crippen molar-refractivity contribution in [2.24, 2.45) is 0 Å². The molecule has 2 aliphatic rings. The average Bonchev–Trinajstić information content (AvgIpc) is 3.91. The van der Waals surface area contributed by atoms with Gasteiger partial charge < -0.3 is 18.9 Å². The number of epoxide rings is 2. The SMILES string of the molecule is O=C(CCCCCCC(CC(CCCCCC(=O)OCC1CO1)c1ccccc1)c1ccccc1)OCC1CO1. The first-order valence-corrected chi connectivity index (χ1v) is 15.3. The molecule has 2 aromatic carbocycles. The van der Waals surface area contributed by atoms with Crippen molar-refractivity contribution in [2.75, 3.05) is 26.4 Å². The Morgan fingerprint density at radius 2 is 1.02 bits per heavy atom. The van der Waals surface area contributed by atoms with Crippen LogP contribution in [0, 0.1) is 0 Å². The first-order chi connectivity index (χ1) is 19.7. The summed E-state index contributed by atoms with van der Waals surface area (Å²) in [6, 6.07) is 21.8. The quantitative estimate of drug-likeness (QED) is 0.0936. The molecular weight excluding hydrogens is 504 g/mol. The zero-order valence-corrected chi connectivity index (χ0v) is 23.8. The van der Waals surface area contributed by atoms with E-state index in [9.17, 15) is 9.59 Å². The average molecular weight is 551 g/mol. The van der Waals surface area contributed by atoms with Gasteiger partial charge in [0, 0.05) is 12.8 Å². The molecule has 0 aliphatic carbocycles. The fourth-order valence-corrected chi connectivity index (χ4v) is 5.33. The highest BCUT2D eigenvalue weighted by atomic mass is 16.6. The van der Waals surface area contributed by atoms with Crippen LogP contribution in [-0.2, 0) is 28.5 Å². The molecule has 0 aromatic heterocycles. The molecule has 4 unspecified atom stereocenters. The van der Waals surface area contributed by atoms with Crippen LogP contribution in [0.25, 0.3) is 0 Å². The zero-order chi connectivity index (χ0) is 27.8. The van der Waals surface area contributed by atoms with Crippen molar-refractivity contribution < 1.29 is 28.5 Å². The minimum atomic E-state index is -0.107. The number of hydrogen-bond acceptors (Lipinski definition) is 6. The van der Waals surface area contributed by atoms with Gasteiger partial charge in [0.1, 0.15) is 25.4 Å². The standard InChI is InChI=1S/C34H46O6/c35-33(39-25-31-23-37-31)20-12-2-1-6-18-29(27-14-7-3-8-15-27)22-30(28-16-9-4-10-17-28)19-11-5-13-21-34(36)40-26-32-24-38-32/h3-4,7-10,14-17,29-32H,1-2,5-6,11-13,18-26H2. The summed E-state index contributed by atoms with van der Waals surface area (Å²) in [7, 11) is 0. The summed E-state index contributed by atoms with van der Waals surface area (Å²) < 4.78 is 20.7. The maximum Gasteiger partial charge on any atom is 0.305 e. The Morgan fingerprint density at radius 3 is 1.45 bits per heavy atom. The largest absolute Gasteiger partial charge is 0.463 e. The zero-order valence-electron chi connectivity index (χ0n) is 23.8. The minimum Gasteiger partial charge on any atom is -0.463 e. The van der Waals surface area contributed by atoms with E-state index in [0.29, 0.717) is 51.1 Å². The number of esters is 2. The monoisotopic (exact) mass is 550 g/mol. The Morgan fingerprint density at radius 1 is 0.625 bits per heavy atom. The van der Waals surface area contributed by atoms with E-state index < -0.39 is 0 Å². The normalized spacial score (nSPS) is 19.0. The van der Waals surface area contributed by atoms with Crippen LogP contribution in [0.5, 0.6) is 0 Å². The van der Waals surface area contributed by atoms with Gasteiger partial charge in [-0.05, 0) is 55.1 Å². The second kappa shape index (κ2) is 17.2. The van der Waals surface area contributed by atoms with Crippen molar-refractivity contribution in [2.45, 2.75) is 101 Å². The Hall–Kier alpha value is -2.70. The van der Waals surface area contributed by atoms with E-state index in [-0.39, 0.29) is 24.1 Å². The van der Waals surface area contributed by atoms with Crippen molar-refractivity contribution >= 4 is 11.9 Å². The van der Waals surface area contributed by atoms with Gasteiger partial charge in [-0.1, -0.05) is 92.8 Å². The van der Waals surface area contributed by atoms with Gasteiger partial charge in [0.25, 0.3) is 0 Å². The predicted molar refractivity (Wildman–Crippen MR) is 155 cm³/mol. The van der Waals surface area contributed by atoms with Crippen LogP contribution in [0.3, 0.4) is 0 Å². The highest BCUT2D eigenvalue weighted by molar-refractivity contribution is 5.69. The molecule has 0 spiro atoms. The topological polar surface area (TPSA) is 77.7 Å². The van der Waals surface area contributed by atoms with Crippen LogP contribution in [-0.4, -0.2) is 50.6 Å². The second-order valence-electron chi connectivity index (χ2n) is 11.3. The minimum absolute atomic E-state index is 0.104. The summed E-state index contributed by atoms with van der Waals surface area (Å²) in [6.45, 7) is 2.24. The summed E-state index contributed by atoms with van der Waals surface area (Å²) in [4.78, 5) is 23.8. The Bertz CT molecular complexity index is 986. The molecule has 4 rings (SSSR count).